The monoisotopic (exact) mass is 361 g/mol. The fourth-order valence-corrected chi connectivity index (χ4v) is 2.91. The zero-order valence-corrected chi connectivity index (χ0v) is 15.3. The van der Waals surface area contributed by atoms with Crippen molar-refractivity contribution in [1.82, 2.24) is 24.8 Å². The number of nitrogens with one attached hydrogen (secondary N) is 1. The third kappa shape index (κ3) is 3.31. The molecule has 1 N–H and O–H groups in total. The largest absolute Gasteiger partial charge is 0.339 e. The Morgan fingerprint density at radius 1 is 1.19 bits per heavy atom. The number of fused-ring (bicyclic) bond motifs is 1. The van der Waals surface area contributed by atoms with E-state index in [-0.39, 0.29) is 5.91 Å². The Bertz CT molecular complexity index is 1130. The van der Waals surface area contributed by atoms with E-state index in [0.29, 0.717) is 17.4 Å². The van der Waals surface area contributed by atoms with Crippen molar-refractivity contribution in [3.05, 3.63) is 71.5 Å². The molecule has 1 amide bonds. The first-order valence-electron chi connectivity index (χ1n) is 8.67. The molecular formula is C20H19N5O2. The van der Waals surface area contributed by atoms with E-state index in [1.807, 2.05) is 60.8 Å². The summed E-state index contributed by atoms with van der Waals surface area (Å²) < 4.78 is 7.16. The molecular weight excluding hydrogens is 342 g/mol. The molecule has 1 aromatic carbocycles. The van der Waals surface area contributed by atoms with Crippen molar-refractivity contribution >= 4 is 11.6 Å². The van der Waals surface area contributed by atoms with E-state index in [1.54, 1.807) is 13.1 Å². The van der Waals surface area contributed by atoms with Gasteiger partial charge in [-0.3, -0.25) is 4.79 Å². The average Bonchev–Trinajstić information content (AvgIpc) is 3.30. The van der Waals surface area contributed by atoms with Gasteiger partial charge in [0.05, 0.1) is 0 Å². The van der Waals surface area contributed by atoms with Crippen LogP contribution < -0.4 is 5.32 Å². The van der Waals surface area contributed by atoms with Crippen LogP contribution in [-0.4, -0.2) is 25.4 Å². The van der Waals surface area contributed by atoms with Crippen LogP contribution in [0, 0.1) is 13.8 Å². The molecule has 0 saturated heterocycles. The Morgan fingerprint density at radius 3 is 2.81 bits per heavy atom. The Morgan fingerprint density at radius 2 is 2.04 bits per heavy atom. The number of imidazole rings is 1. The lowest BCUT2D eigenvalue weighted by atomic mass is 10.1. The van der Waals surface area contributed by atoms with E-state index in [4.69, 9.17) is 4.52 Å². The molecule has 7 nitrogen and oxygen atoms in total. The summed E-state index contributed by atoms with van der Waals surface area (Å²) in [5.74, 6) is 0.555. The lowest BCUT2D eigenvalue weighted by Gasteiger charge is -2.07. The zero-order valence-electron chi connectivity index (χ0n) is 15.3. The van der Waals surface area contributed by atoms with Crippen LogP contribution in [0.3, 0.4) is 0 Å². The summed E-state index contributed by atoms with van der Waals surface area (Å²) in [6.07, 6.45) is 3.57. The predicted octanol–water partition coefficient (Wildman–Crippen LogP) is 3.49. The van der Waals surface area contributed by atoms with Crippen LogP contribution in [0.25, 0.3) is 17.0 Å². The smallest absolute Gasteiger partial charge is 0.272 e. The van der Waals surface area contributed by atoms with Crippen molar-refractivity contribution in [2.24, 2.45) is 0 Å². The molecule has 0 saturated carbocycles. The highest BCUT2D eigenvalue weighted by Gasteiger charge is 2.20. The highest BCUT2D eigenvalue weighted by atomic mass is 16.5. The zero-order chi connectivity index (χ0) is 19.0. The highest BCUT2D eigenvalue weighted by Crippen LogP contribution is 2.20. The van der Waals surface area contributed by atoms with E-state index in [1.165, 1.54) is 0 Å². The van der Waals surface area contributed by atoms with Crippen molar-refractivity contribution < 1.29 is 9.32 Å². The summed E-state index contributed by atoms with van der Waals surface area (Å²) in [4.78, 5) is 21.4. The molecule has 1 atom stereocenters. The SMILES string of the molecule is Cc1cccc(-c2noc(C(C)NC(=O)c3cn4cccc(C)c4n3)n2)c1. The molecule has 0 bridgehead atoms. The molecule has 0 radical (unpaired) electrons. The fraction of sp³-hybridized carbons (Fsp3) is 0.200. The van der Waals surface area contributed by atoms with Gasteiger partial charge in [-0.1, -0.05) is 35.0 Å². The number of carbonyl (C=O) groups is 1. The van der Waals surface area contributed by atoms with Gasteiger partial charge in [0.2, 0.25) is 11.7 Å². The molecule has 0 spiro atoms. The minimum Gasteiger partial charge on any atom is -0.339 e. The first-order valence-corrected chi connectivity index (χ1v) is 8.67. The molecule has 0 aliphatic carbocycles. The van der Waals surface area contributed by atoms with E-state index in [9.17, 15) is 4.79 Å². The number of nitrogens with zero attached hydrogens (tertiary/aromatic N) is 4. The number of hydrogen-bond donors (Lipinski definition) is 1. The summed E-state index contributed by atoms with van der Waals surface area (Å²) >= 11 is 0. The third-order valence-electron chi connectivity index (χ3n) is 4.35. The molecule has 4 aromatic rings. The molecule has 7 heteroatoms. The van der Waals surface area contributed by atoms with Crippen molar-refractivity contribution in [1.29, 1.82) is 0 Å². The minimum atomic E-state index is -0.436. The molecule has 0 aliphatic heterocycles. The first-order chi connectivity index (χ1) is 13.0. The van der Waals surface area contributed by atoms with Crippen LogP contribution >= 0.6 is 0 Å². The second kappa shape index (κ2) is 6.68. The van der Waals surface area contributed by atoms with Crippen LogP contribution in [0.1, 0.15) is 40.5 Å². The molecule has 3 aromatic heterocycles. The van der Waals surface area contributed by atoms with Crippen molar-refractivity contribution in [3.63, 3.8) is 0 Å². The van der Waals surface area contributed by atoms with Crippen LogP contribution in [0.4, 0.5) is 0 Å². The van der Waals surface area contributed by atoms with Gasteiger partial charge in [-0.05, 0) is 38.5 Å². The van der Waals surface area contributed by atoms with Crippen molar-refractivity contribution in [3.8, 4) is 11.4 Å². The van der Waals surface area contributed by atoms with Gasteiger partial charge in [0.1, 0.15) is 17.4 Å². The second-order valence-electron chi connectivity index (χ2n) is 6.57. The second-order valence-corrected chi connectivity index (χ2v) is 6.57. The van der Waals surface area contributed by atoms with Gasteiger partial charge in [-0.15, -0.1) is 0 Å². The Labute approximate surface area is 156 Å². The predicted molar refractivity (Wildman–Crippen MR) is 100 cm³/mol. The number of aromatic nitrogens is 4. The number of hydrogen-bond acceptors (Lipinski definition) is 5. The van der Waals surface area contributed by atoms with Gasteiger partial charge < -0.3 is 14.2 Å². The number of carbonyl (C=O) groups excluding carboxylic acids is 1. The Kier molecular flexibility index (Phi) is 4.19. The number of rotatable bonds is 4. The van der Waals surface area contributed by atoms with Gasteiger partial charge in [-0.25, -0.2) is 4.98 Å². The normalized spacial score (nSPS) is 12.3. The lowest BCUT2D eigenvalue weighted by Crippen LogP contribution is -2.27. The Balaban J connectivity index is 1.52. The molecule has 27 heavy (non-hydrogen) atoms. The standard InChI is InChI=1S/C20H19N5O2/c1-12-6-4-8-15(10-12)17-23-20(27-24-17)14(3)21-19(26)16-11-25-9-5-7-13(2)18(25)22-16/h4-11,14H,1-3H3,(H,21,26). The van der Waals surface area contributed by atoms with E-state index >= 15 is 0 Å². The molecule has 136 valence electrons. The van der Waals surface area contributed by atoms with Gasteiger partial charge in [0.25, 0.3) is 5.91 Å². The maximum Gasteiger partial charge on any atom is 0.272 e. The van der Waals surface area contributed by atoms with Gasteiger partial charge in [0, 0.05) is 18.0 Å². The lowest BCUT2D eigenvalue weighted by molar-refractivity contribution is 0.0928. The summed E-state index contributed by atoms with van der Waals surface area (Å²) in [7, 11) is 0. The molecule has 3 heterocycles. The summed E-state index contributed by atoms with van der Waals surface area (Å²) in [5.41, 5.74) is 4.09. The van der Waals surface area contributed by atoms with Gasteiger partial charge >= 0.3 is 0 Å². The summed E-state index contributed by atoms with van der Waals surface area (Å²) in [6, 6.07) is 11.3. The fourth-order valence-electron chi connectivity index (χ4n) is 2.91. The topological polar surface area (TPSA) is 85.3 Å². The van der Waals surface area contributed by atoms with Crippen LogP contribution in [0.15, 0.2) is 53.3 Å². The molecule has 1 unspecified atom stereocenters. The molecule has 0 aliphatic rings. The quantitative estimate of drug-likeness (QED) is 0.601. The van der Waals surface area contributed by atoms with Crippen LogP contribution in [-0.2, 0) is 0 Å². The highest BCUT2D eigenvalue weighted by molar-refractivity contribution is 5.93. The van der Waals surface area contributed by atoms with E-state index in [2.05, 4.69) is 20.4 Å². The summed E-state index contributed by atoms with van der Waals surface area (Å²) in [6.45, 7) is 5.76. The molecule has 0 fully saturated rings. The van der Waals surface area contributed by atoms with Crippen molar-refractivity contribution in [2.45, 2.75) is 26.8 Å². The maximum absolute atomic E-state index is 12.6. The minimum absolute atomic E-state index is 0.291. The van der Waals surface area contributed by atoms with E-state index in [0.717, 1.165) is 22.3 Å². The molecule has 4 rings (SSSR count). The summed E-state index contributed by atoms with van der Waals surface area (Å²) in [5, 5.41) is 6.88. The Hall–Kier alpha value is -3.48. The maximum atomic E-state index is 12.6. The average molecular weight is 361 g/mol. The van der Waals surface area contributed by atoms with Crippen LogP contribution in [0.2, 0.25) is 0 Å². The van der Waals surface area contributed by atoms with Crippen molar-refractivity contribution in [2.75, 3.05) is 0 Å². The number of pyridine rings is 1. The van der Waals surface area contributed by atoms with Gasteiger partial charge in [0.15, 0.2) is 0 Å². The number of benzene rings is 1. The number of amides is 1. The van der Waals surface area contributed by atoms with E-state index < -0.39 is 6.04 Å². The van der Waals surface area contributed by atoms with Gasteiger partial charge in [-0.2, -0.15) is 4.98 Å². The first kappa shape index (κ1) is 17.0. The third-order valence-corrected chi connectivity index (χ3v) is 4.35. The van der Waals surface area contributed by atoms with Crippen LogP contribution in [0.5, 0.6) is 0 Å². The number of aryl methyl sites for hydroxylation is 2.